The van der Waals surface area contributed by atoms with Crippen molar-refractivity contribution in [2.75, 3.05) is 19.8 Å². The van der Waals surface area contributed by atoms with E-state index in [1.54, 1.807) is 13.8 Å². The van der Waals surface area contributed by atoms with E-state index in [-0.39, 0.29) is 0 Å². The average molecular weight is 296 g/mol. The molecule has 1 unspecified atom stereocenters. The predicted octanol–water partition coefficient (Wildman–Crippen LogP) is 3.45. The van der Waals surface area contributed by atoms with Crippen molar-refractivity contribution in [2.45, 2.75) is 26.1 Å². The Balaban J connectivity index is 3.01. The molecular weight excluding hydrogens is 275 g/mol. The van der Waals surface area contributed by atoms with Crippen LogP contribution in [0.2, 0.25) is 0 Å². The summed E-state index contributed by atoms with van der Waals surface area (Å²) < 4.78 is 23.7. The fraction of sp³-hybridized carbons (Fsp3) is 0.500. The van der Waals surface area contributed by atoms with Gasteiger partial charge in [0.25, 0.3) is 0 Å². The van der Waals surface area contributed by atoms with E-state index in [1.807, 2.05) is 30.3 Å². The minimum atomic E-state index is -3.31. The van der Waals surface area contributed by atoms with Crippen LogP contribution in [0.25, 0.3) is 0 Å². The van der Waals surface area contributed by atoms with Crippen LogP contribution in [0, 0.1) is 11.3 Å². The molecule has 20 heavy (non-hydrogen) atoms. The Morgan fingerprint density at radius 1 is 1.25 bits per heavy atom. The molecule has 0 aliphatic heterocycles. The van der Waals surface area contributed by atoms with E-state index in [2.05, 4.69) is 11.4 Å². The lowest BCUT2D eigenvalue weighted by atomic mass is 10.2. The summed E-state index contributed by atoms with van der Waals surface area (Å²) in [4.78, 5) is 0. The first-order chi connectivity index (χ1) is 9.68. The van der Waals surface area contributed by atoms with E-state index >= 15 is 0 Å². The Kier molecular flexibility index (Phi) is 7.50. The molecule has 6 heteroatoms. The molecule has 0 saturated carbocycles. The molecule has 1 N–H and O–H groups in total. The van der Waals surface area contributed by atoms with E-state index in [4.69, 9.17) is 14.3 Å². The highest BCUT2D eigenvalue weighted by atomic mass is 31.2. The summed E-state index contributed by atoms with van der Waals surface area (Å²) in [7, 11) is -3.31. The van der Waals surface area contributed by atoms with Crippen molar-refractivity contribution in [3.05, 3.63) is 35.9 Å². The monoisotopic (exact) mass is 296 g/mol. The molecule has 0 saturated heterocycles. The largest absolute Gasteiger partial charge is 0.351 e. The topological polar surface area (TPSA) is 71.3 Å². The predicted molar refractivity (Wildman–Crippen MR) is 78.3 cm³/mol. The van der Waals surface area contributed by atoms with Crippen LogP contribution < -0.4 is 5.32 Å². The molecule has 110 valence electrons. The maximum absolute atomic E-state index is 12.9. The molecule has 0 bridgehead atoms. The standard InChI is InChI=1S/C14H21N2O3P/c1-3-18-20(17,19-4-2)14(16-12-8-11-15)13-9-6-5-7-10-13/h5-7,9-10,14,16H,3-4,8,12H2,1-2H3. The van der Waals surface area contributed by atoms with Gasteiger partial charge in [-0.15, -0.1) is 0 Å². The van der Waals surface area contributed by atoms with Crippen LogP contribution in [0.15, 0.2) is 30.3 Å². The number of nitrogens with one attached hydrogen (secondary N) is 1. The van der Waals surface area contributed by atoms with Crippen molar-refractivity contribution in [3.63, 3.8) is 0 Å². The third-order valence-corrected chi connectivity index (χ3v) is 4.97. The quantitative estimate of drug-likeness (QED) is 0.558. The first kappa shape index (κ1) is 16.9. The second-order valence-electron chi connectivity index (χ2n) is 4.05. The molecule has 1 atom stereocenters. The van der Waals surface area contributed by atoms with Gasteiger partial charge in [-0.25, -0.2) is 0 Å². The summed E-state index contributed by atoms with van der Waals surface area (Å²) in [6.45, 7) is 4.60. The van der Waals surface area contributed by atoms with Crippen LogP contribution in [-0.4, -0.2) is 19.8 Å². The van der Waals surface area contributed by atoms with Gasteiger partial charge in [0, 0.05) is 13.0 Å². The highest BCUT2D eigenvalue weighted by Crippen LogP contribution is 2.59. The van der Waals surface area contributed by atoms with Gasteiger partial charge in [0.2, 0.25) is 0 Å². The molecule has 0 amide bonds. The van der Waals surface area contributed by atoms with Crippen LogP contribution in [0.3, 0.4) is 0 Å². The highest BCUT2D eigenvalue weighted by Gasteiger charge is 2.36. The number of rotatable bonds is 9. The zero-order valence-corrected chi connectivity index (χ0v) is 12.8. The van der Waals surface area contributed by atoms with Gasteiger partial charge in [0.05, 0.1) is 19.3 Å². The van der Waals surface area contributed by atoms with Crippen molar-refractivity contribution in [1.29, 1.82) is 5.26 Å². The molecular formula is C14H21N2O3P. The lowest BCUT2D eigenvalue weighted by Crippen LogP contribution is -2.24. The van der Waals surface area contributed by atoms with Gasteiger partial charge in [-0.3, -0.25) is 9.88 Å². The van der Waals surface area contributed by atoms with Gasteiger partial charge < -0.3 is 9.05 Å². The summed E-state index contributed by atoms with van der Waals surface area (Å²) in [6.07, 6.45) is 0.335. The first-order valence-electron chi connectivity index (χ1n) is 6.72. The van der Waals surface area contributed by atoms with Crippen molar-refractivity contribution >= 4 is 7.60 Å². The molecule has 0 fully saturated rings. The van der Waals surface area contributed by atoms with E-state index in [0.717, 1.165) is 5.56 Å². The summed E-state index contributed by atoms with van der Waals surface area (Å²) in [5.74, 6) is -0.558. The van der Waals surface area contributed by atoms with Crippen molar-refractivity contribution in [3.8, 4) is 6.07 Å². The Labute approximate surface area is 120 Å². The number of hydrogen-bond donors (Lipinski definition) is 1. The van der Waals surface area contributed by atoms with Crippen LogP contribution in [0.1, 0.15) is 31.6 Å². The van der Waals surface area contributed by atoms with Crippen LogP contribution >= 0.6 is 7.60 Å². The molecule has 1 aromatic rings. The number of benzene rings is 1. The highest BCUT2D eigenvalue weighted by molar-refractivity contribution is 7.54. The van der Waals surface area contributed by atoms with Crippen LogP contribution in [-0.2, 0) is 13.6 Å². The number of nitrogens with zero attached hydrogens (tertiary/aromatic N) is 1. The summed E-state index contributed by atoms with van der Waals surface area (Å²) >= 11 is 0. The zero-order chi connectivity index (χ0) is 14.8. The average Bonchev–Trinajstić information content (AvgIpc) is 2.45. The van der Waals surface area contributed by atoms with Crippen molar-refractivity contribution < 1.29 is 13.6 Å². The molecule has 0 aliphatic rings. The van der Waals surface area contributed by atoms with Gasteiger partial charge in [-0.2, -0.15) is 5.26 Å². The molecule has 0 aliphatic carbocycles. The molecule has 0 heterocycles. The summed E-state index contributed by atoms with van der Waals surface area (Å²) in [6, 6.07) is 11.4. The Morgan fingerprint density at radius 3 is 2.35 bits per heavy atom. The maximum Gasteiger partial charge on any atom is 0.351 e. The van der Waals surface area contributed by atoms with E-state index in [0.29, 0.717) is 26.2 Å². The lowest BCUT2D eigenvalue weighted by Gasteiger charge is -2.27. The first-order valence-corrected chi connectivity index (χ1v) is 8.33. The molecule has 1 rings (SSSR count). The van der Waals surface area contributed by atoms with Crippen molar-refractivity contribution in [2.24, 2.45) is 0 Å². The second-order valence-corrected chi connectivity index (χ2v) is 6.16. The molecule has 0 aromatic heterocycles. The Bertz CT molecular complexity index is 463. The number of nitriles is 1. The SMILES string of the molecule is CCOP(=O)(OCC)C(NCCC#N)c1ccccc1. The molecule has 0 radical (unpaired) electrons. The molecule has 1 aromatic carbocycles. The van der Waals surface area contributed by atoms with E-state index in [1.165, 1.54) is 0 Å². The van der Waals surface area contributed by atoms with Crippen LogP contribution in [0.5, 0.6) is 0 Å². The molecule has 5 nitrogen and oxygen atoms in total. The van der Waals surface area contributed by atoms with Gasteiger partial charge >= 0.3 is 7.60 Å². The lowest BCUT2D eigenvalue weighted by molar-refractivity contribution is 0.207. The Hall–Kier alpha value is -1.18. The fourth-order valence-electron chi connectivity index (χ4n) is 1.86. The summed E-state index contributed by atoms with van der Waals surface area (Å²) in [5.41, 5.74) is 0.829. The fourth-order valence-corrected chi connectivity index (χ4v) is 3.84. The number of hydrogen-bond acceptors (Lipinski definition) is 5. The molecule has 0 spiro atoms. The third-order valence-electron chi connectivity index (χ3n) is 2.62. The van der Waals surface area contributed by atoms with Gasteiger partial charge in [0.15, 0.2) is 0 Å². The second kappa shape index (κ2) is 8.89. The van der Waals surface area contributed by atoms with Gasteiger partial charge in [0.1, 0.15) is 5.78 Å². The zero-order valence-electron chi connectivity index (χ0n) is 11.9. The van der Waals surface area contributed by atoms with Gasteiger partial charge in [-0.05, 0) is 19.4 Å². The van der Waals surface area contributed by atoms with E-state index in [9.17, 15) is 4.57 Å². The minimum Gasteiger partial charge on any atom is -0.308 e. The third kappa shape index (κ3) is 4.73. The van der Waals surface area contributed by atoms with Gasteiger partial charge in [-0.1, -0.05) is 30.3 Å². The maximum atomic E-state index is 12.9. The Morgan fingerprint density at radius 2 is 1.85 bits per heavy atom. The van der Waals surface area contributed by atoms with Crippen molar-refractivity contribution in [1.82, 2.24) is 5.32 Å². The normalized spacial score (nSPS) is 12.8. The minimum absolute atomic E-state index is 0.306. The summed E-state index contributed by atoms with van der Waals surface area (Å²) in [5, 5.41) is 11.7. The van der Waals surface area contributed by atoms with E-state index < -0.39 is 13.4 Å². The van der Waals surface area contributed by atoms with Crippen LogP contribution in [0.4, 0.5) is 0 Å². The smallest absolute Gasteiger partial charge is 0.308 e.